The van der Waals surface area contributed by atoms with Crippen molar-refractivity contribution in [3.63, 3.8) is 0 Å². The maximum absolute atomic E-state index is 13.8. The van der Waals surface area contributed by atoms with Gasteiger partial charge in [0.2, 0.25) is 11.8 Å². The number of piperazine rings is 1. The van der Waals surface area contributed by atoms with E-state index in [2.05, 4.69) is 39.5 Å². The molecule has 0 aliphatic carbocycles. The minimum Gasteiger partial charge on any atom is -0.390 e. The van der Waals surface area contributed by atoms with E-state index in [1.165, 1.54) is 0 Å². The number of aromatic nitrogens is 2. The molecule has 3 atom stereocenters. The number of benzene rings is 1. The average Bonchev–Trinajstić information content (AvgIpc) is 3.45. The SMILES string of the molecule is CCCCN1C(=O)[C@@H]([C@H](O)C(C)C)NC(=O)C12CCN(C(c1cn[nH]c1)c1cc(C)c(C(=O)N(C)C)c(C)c1)CC2. The molecule has 0 bridgehead atoms. The van der Waals surface area contributed by atoms with Gasteiger partial charge in [-0.3, -0.25) is 24.4 Å². The maximum Gasteiger partial charge on any atom is 0.253 e. The van der Waals surface area contributed by atoms with Gasteiger partial charge < -0.3 is 20.2 Å². The van der Waals surface area contributed by atoms with Crippen molar-refractivity contribution in [1.29, 1.82) is 0 Å². The molecule has 2 fully saturated rings. The molecule has 0 radical (unpaired) electrons. The second-order valence-electron chi connectivity index (χ2n) is 12.3. The Labute approximate surface area is 243 Å². The number of hydrogen-bond acceptors (Lipinski definition) is 6. The number of aryl methyl sites for hydroxylation is 2. The molecule has 41 heavy (non-hydrogen) atoms. The minimum absolute atomic E-state index is 0.0210. The zero-order valence-electron chi connectivity index (χ0n) is 25.5. The molecule has 2 aliphatic rings. The van der Waals surface area contributed by atoms with Crippen LogP contribution in [-0.4, -0.2) is 99.1 Å². The first kappa shape index (κ1) is 30.7. The van der Waals surface area contributed by atoms with Crippen LogP contribution in [0.15, 0.2) is 24.5 Å². The van der Waals surface area contributed by atoms with Gasteiger partial charge in [0.25, 0.3) is 5.91 Å². The van der Waals surface area contributed by atoms with Crippen LogP contribution in [0.2, 0.25) is 0 Å². The summed E-state index contributed by atoms with van der Waals surface area (Å²) in [5.74, 6) is -0.537. The fraction of sp³-hybridized carbons (Fsp3) is 0.613. The number of hydrogen-bond donors (Lipinski definition) is 3. The number of amides is 3. The van der Waals surface area contributed by atoms with Gasteiger partial charge in [-0.2, -0.15) is 5.10 Å². The van der Waals surface area contributed by atoms with Crippen molar-refractivity contribution < 1.29 is 19.5 Å². The highest BCUT2D eigenvalue weighted by molar-refractivity contribution is 6.00. The van der Waals surface area contributed by atoms with E-state index in [9.17, 15) is 19.5 Å². The van der Waals surface area contributed by atoms with Gasteiger partial charge in [0.05, 0.1) is 18.3 Å². The summed E-state index contributed by atoms with van der Waals surface area (Å²) in [5, 5.41) is 20.8. The summed E-state index contributed by atoms with van der Waals surface area (Å²) in [6.07, 6.45) is 5.45. The Balaban J connectivity index is 1.65. The number of aromatic amines is 1. The van der Waals surface area contributed by atoms with Crippen molar-refractivity contribution in [2.24, 2.45) is 5.92 Å². The molecule has 4 rings (SSSR count). The molecular weight excluding hydrogens is 520 g/mol. The van der Waals surface area contributed by atoms with Gasteiger partial charge in [-0.05, 0) is 55.7 Å². The maximum atomic E-state index is 13.8. The molecule has 10 heteroatoms. The van der Waals surface area contributed by atoms with Crippen LogP contribution in [0.25, 0.3) is 0 Å². The number of H-pyrrole nitrogens is 1. The summed E-state index contributed by atoms with van der Waals surface area (Å²) >= 11 is 0. The van der Waals surface area contributed by atoms with Gasteiger partial charge in [-0.25, -0.2) is 0 Å². The van der Waals surface area contributed by atoms with E-state index in [1.54, 1.807) is 23.9 Å². The number of carbonyl (C=O) groups is 3. The third-order valence-electron chi connectivity index (χ3n) is 8.83. The van der Waals surface area contributed by atoms with Crippen LogP contribution < -0.4 is 5.32 Å². The molecule has 224 valence electrons. The summed E-state index contributed by atoms with van der Waals surface area (Å²) in [6, 6.07) is 3.10. The first-order valence-corrected chi connectivity index (χ1v) is 14.8. The molecule has 10 nitrogen and oxygen atoms in total. The van der Waals surface area contributed by atoms with Crippen molar-refractivity contribution in [3.05, 3.63) is 52.3 Å². The third kappa shape index (κ3) is 5.77. The van der Waals surface area contributed by atoms with Crippen molar-refractivity contribution in [2.45, 2.75) is 84.0 Å². The van der Waals surface area contributed by atoms with Crippen LogP contribution in [0.5, 0.6) is 0 Å². The van der Waals surface area contributed by atoms with Gasteiger partial charge in [0.15, 0.2) is 0 Å². The third-order valence-corrected chi connectivity index (χ3v) is 8.83. The van der Waals surface area contributed by atoms with Gasteiger partial charge in [-0.1, -0.05) is 39.3 Å². The van der Waals surface area contributed by atoms with E-state index < -0.39 is 17.7 Å². The lowest BCUT2D eigenvalue weighted by Gasteiger charge is -2.53. The van der Waals surface area contributed by atoms with Crippen LogP contribution >= 0.6 is 0 Å². The Morgan fingerprint density at radius 3 is 2.29 bits per heavy atom. The van der Waals surface area contributed by atoms with Crippen LogP contribution in [0.4, 0.5) is 0 Å². The number of likely N-dealkylation sites (tertiary alicyclic amines) is 1. The quantitative estimate of drug-likeness (QED) is 0.429. The Bertz CT molecular complexity index is 1230. The van der Waals surface area contributed by atoms with Gasteiger partial charge in [0, 0.05) is 51.1 Å². The number of carbonyl (C=O) groups excluding carboxylic acids is 3. The molecule has 3 heterocycles. The van der Waals surface area contributed by atoms with Crippen LogP contribution in [0, 0.1) is 19.8 Å². The molecule has 2 aliphatic heterocycles. The molecule has 2 aromatic rings. The van der Waals surface area contributed by atoms with E-state index in [0.29, 0.717) is 38.0 Å². The van der Waals surface area contributed by atoms with Crippen LogP contribution in [0.3, 0.4) is 0 Å². The standard InChI is InChI=1S/C31H46N6O4/c1-8-9-12-37-29(40)25(27(38)19(2)3)34-30(41)31(37)10-13-36(14-11-31)26(23-17-32-33-18-23)22-15-20(4)24(21(5)16-22)28(39)35(6)7/h15-19,25-27,38H,8-14H2,1-7H3,(H,32,33)(H,34,41)/t25-,26?,27-/m1/s1. The number of aliphatic hydroxyl groups is 1. The molecular formula is C31H46N6O4. The highest BCUT2D eigenvalue weighted by Gasteiger charge is 2.55. The monoisotopic (exact) mass is 566 g/mol. The largest absolute Gasteiger partial charge is 0.390 e. The average molecular weight is 567 g/mol. The molecule has 1 spiro atoms. The normalized spacial score (nSPS) is 20.8. The molecule has 0 saturated carbocycles. The second-order valence-corrected chi connectivity index (χ2v) is 12.3. The summed E-state index contributed by atoms with van der Waals surface area (Å²) in [7, 11) is 3.52. The summed E-state index contributed by atoms with van der Waals surface area (Å²) in [4.78, 5) is 46.0. The van der Waals surface area contributed by atoms with Crippen LogP contribution in [-0.2, 0) is 9.59 Å². The minimum atomic E-state index is -0.940. The number of unbranched alkanes of at least 4 members (excludes halogenated alkanes) is 1. The zero-order valence-corrected chi connectivity index (χ0v) is 25.5. The van der Waals surface area contributed by atoms with E-state index in [0.717, 1.165) is 35.1 Å². The molecule has 1 aromatic carbocycles. The number of piperidine rings is 1. The van der Waals surface area contributed by atoms with Gasteiger partial charge >= 0.3 is 0 Å². The Kier molecular flexibility index (Phi) is 9.23. The highest BCUT2D eigenvalue weighted by atomic mass is 16.3. The summed E-state index contributed by atoms with van der Waals surface area (Å²) in [6.45, 7) is 11.4. The fourth-order valence-corrected chi connectivity index (χ4v) is 6.48. The topological polar surface area (TPSA) is 122 Å². The lowest BCUT2D eigenvalue weighted by Crippen LogP contribution is -2.75. The predicted molar refractivity (Wildman–Crippen MR) is 157 cm³/mol. The van der Waals surface area contributed by atoms with Crippen molar-refractivity contribution in [2.75, 3.05) is 33.7 Å². The van der Waals surface area contributed by atoms with Crippen molar-refractivity contribution in [3.8, 4) is 0 Å². The van der Waals surface area contributed by atoms with Gasteiger partial charge in [-0.15, -0.1) is 0 Å². The number of rotatable bonds is 9. The fourth-order valence-electron chi connectivity index (χ4n) is 6.48. The lowest BCUT2D eigenvalue weighted by molar-refractivity contribution is -0.165. The number of aliphatic hydroxyl groups excluding tert-OH is 1. The Morgan fingerprint density at radius 2 is 1.78 bits per heavy atom. The van der Waals surface area contributed by atoms with Crippen LogP contribution in [0.1, 0.15) is 85.1 Å². The first-order valence-electron chi connectivity index (χ1n) is 14.8. The molecule has 3 amide bonds. The molecule has 3 N–H and O–H groups in total. The van der Waals surface area contributed by atoms with E-state index in [4.69, 9.17) is 0 Å². The van der Waals surface area contributed by atoms with E-state index >= 15 is 0 Å². The van der Waals surface area contributed by atoms with Crippen molar-refractivity contribution in [1.82, 2.24) is 30.2 Å². The highest BCUT2D eigenvalue weighted by Crippen LogP contribution is 2.39. The summed E-state index contributed by atoms with van der Waals surface area (Å²) in [5.41, 5.74) is 3.66. The zero-order chi connectivity index (χ0) is 30.1. The first-order chi connectivity index (χ1) is 19.4. The molecule has 2 saturated heterocycles. The smallest absolute Gasteiger partial charge is 0.253 e. The predicted octanol–water partition coefficient (Wildman–Crippen LogP) is 2.80. The molecule has 1 aromatic heterocycles. The Hall–Kier alpha value is -3.24. The summed E-state index contributed by atoms with van der Waals surface area (Å²) < 4.78 is 0. The number of nitrogens with zero attached hydrogens (tertiary/aromatic N) is 4. The van der Waals surface area contributed by atoms with Gasteiger partial charge in [0.1, 0.15) is 11.6 Å². The van der Waals surface area contributed by atoms with E-state index in [-0.39, 0.29) is 29.7 Å². The molecule has 1 unspecified atom stereocenters. The van der Waals surface area contributed by atoms with Crippen molar-refractivity contribution >= 4 is 17.7 Å². The Morgan fingerprint density at radius 1 is 1.15 bits per heavy atom. The second kappa shape index (κ2) is 12.3. The van der Waals surface area contributed by atoms with E-state index in [1.807, 2.05) is 40.1 Å². The lowest BCUT2D eigenvalue weighted by atomic mass is 9.79. The number of nitrogens with one attached hydrogen (secondary N) is 2.